The van der Waals surface area contributed by atoms with E-state index in [4.69, 9.17) is 21.1 Å². The molecule has 0 fully saturated rings. The van der Waals surface area contributed by atoms with Crippen LogP contribution in [0.4, 0.5) is 5.69 Å². The molecule has 0 unspecified atom stereocenters. The molecule has 16 heavy (non-hydrogen) atoms. The third kappa shape index (κ3) is 2.53. The first-order valence-corrected chi connectivity index (χ1v) is 5.87. The van der Waals surface area contributed by atoms with Gasteiger partial charge >= 0.3 is 0 Å². The predicted molar refractivity (Wildman–Crippen MR) is 65.8 cm³/mol. The Labute approximate surface area is 101 Å². The molecule has 1 aliphatic rings. The van der Waals surface area contributed by atoms with Gasteiger partial charge < -0.3 is 14.8 Å². The Hall–Kier alpha value is -1.09. The molecule has 0 saturated carbocycles. The largest absolute Gasteiger partial charge is 0.486 e. The molecule has 4 heteroatoms. The fourth-order valence-electron chi connectivity index (χ4n) is 1.51. The van der Waals surface area contributed by atoms with Crippen molar-refractivity contribution < 1.29 is 9.47 Å². The summed E-state index contributed by atoms with van der Waals surface area (Å²) in [5.41, 5.74) is 0.902. The van der Waals surface area contributed by atoms with Crippen molar-refractivity contribution in [1.82, 2.24) is 0 Å². The van der Waals surface area contributed by atoms with Gasteiger partial charge in [0.2, 0.25) is 0 Å². The van der Waals surface area contributed by atoms with E-state index in [9.17, 15) is 0 Å². The van der Waals surface area contributed by atoms with Gasteiger partial charge in [-0.2, -0.15) is 0 Å². The summed E-state index contributed by atoms with van der Waals surface area (Å²) in [5, 5.41) is 3.97. The lowest BCUT2D eigenvalue weighted by atomic mass is 10.2. The zero-order valence-electron chi connectivity index (χ0n) is 9.55. The average molecular weight is 242 g/mol. The first-order chi connectivity index (χ1) is 7.66. The minimum atomic E-state index is 0.573. The topological polar surface area (TPSA) is 30.5 Å². The molecule has 0 saturated heterocycles. The van der Waals surface area contributed by atoms with Gasteiger partial charge in [0.05, 0.1) is 10.7 Å². The van der Waals surface area contributed by atoms with Crippen LogP contribution in [0.2, 0.25) is 5.02 Å². The van der Waals surface area contributed by atoms with Crippen LogP contribution >= 0.6 is 11.6 Å². The zero-order chi connectivity index (χ0) is 11.5. The van der Waals surface area contributed by atoms with Gasteiger partial charge in [0.1, 0.15) is 13.2 Å². The van der Waals surface area contributed by atoms with Crippen LogP contribution in [0.15, 0.2) is 12.1 Å². The summed E-state index contributed by atoms with van der Waals surface area (Å²) in [4.78, 5) is 0. The van der Waals surface area contributed by atoms with Gasteiger partial charge in [0.15, 0.2) is 11.5 Å². The highest BCUT2D eigenvalue weighted by Gasteiger charge is 2.14. The van der Waals surface area contributed by atoms with Crippen LogP contribution in [0.25, 0.3) is 0 Å². The van der Waals surface area contributed by atoms with E-state index >= 15 is 0 Å². The molecule has 1 heterocycles. The van der Waals surface area contributed by atoms with Crippen molar-refractivity contribution in [3.63, 3.8) is 0 Å². The maximum atomic E-state index is 6.15. The molecule has 3 nitrogen and oxygen atoms in total. The summed E-state index contributed by atoms with van der Waals surface area (Å²) in [7, 11) is 0. The number of benzene rings is 1. The maximum absolute atomic E-state index is 6.15. The molecule has 0 aromatic heterocycles. The lowest BCUT2D eigenvalue weighted by molar-refractivity contribution is 0.171. The van der Waals surface area contributed by atoms with Crippen molar-refractivity contribution >= 4 is 17.3 Å². The number of fused-ring (bicyclic) bond motifs is 1. The normalized spacial score (nSPS) is 14.0. The molecule has 1 aromatic rings. The molecule has 0 aliphatic carbocycles. The monoisotopic (exact) mass is 241 g/mol. The second-order valence-electron chi connectivity index (χ2n) is 4.25. The summed E-state index contributed by atoms with van der Waals surface area (Å²) in [5.74, 6) is 2.07. The number of halogens is 1. The summed E-state index contributed by atoms with van der Waals surface area (Å²) >= 11 is 6.15. The van der Waals surface area contributed by atoms with Crippen molar-refractivity contribution in [2.75, 3.05) is 25.1 Å². The second-order valence-corrected chi connectivity index (χ2v) is 4.66. The van der Waals surface area contributed by atoms with E-state index in [0.29, 0.717) is 24.2 Å². The molecule has 1 N–H and O–H groups in total. The summed E-state index contributed by atoms with van der Waals surface area (Å²) in [6.07, 6.45) is 0. The predicted octanol–water partition coefficient (Wildman–Crippen LogP) is 3.18. The molecular formula is C12H16ClNO2. The number of anilines is 1. The third-order valence-electron chi connectivity index (χ3n) is 2.33. The van der Waals surface area contributed by atoms with E-state index in [1.54, 1.807) is 6.07 Å². The Balaban J connectivity index is 2.18. The Bertz CT molecular complexity index is 380. The highest BCUT2D eigenvalue weighted by molar-refractivity contribution is 6.33. The van der Waals surface area contributed by atoms with Crippen molar-refractivity contribution in [2.45, 2.75) is 13.8 Å². The fraction of sp³-hybridized carbons (Fsp3) is 0.500. The molecule has 88 valence electrons. The Morgan fingerprint density at radius 2 is 1.88 bits per heavy atom. The number of ether oxygens (including phenoxy) is 2. The maximum Gasteiger partial charge on any atom is 0.163 e. The average Bonchev–Trinajstić information content (AvgIpc) is 2.26. The minimum Gasteiger partial charge on any atom is -0.486 e. The molecule has 2 rings (SSSR count). The molecule has 0 spiro atoms. The standard InChI is InChI=1S/C12H16ClNO2/c1-8(2)7-14-10-6-12-11(5-9(10)13)15-3-4-16-12/h5-6,8,14H,3-4,7H2,1-2H3. The second kappa shape index (κ2) is 4.83. The van der Waals surface area contributed by atoms with Crippen molar-refractivity contribution in [3.8, 4) is 11.5 Å². The molecule has 1 aromatic carbocycles. The Morgan fingerprint density at radius 1 is 1.25 bits per heavy atom. The Kier molecular flexibility index (Phi) is 3.44. The molecule has 0 radical (unpaired) electrons. The van der Waals surface area contributed by atoms with E-state index < -0.39 is 0 Å². The minimum absolute atomic E-state index is 0.573. The Morgan fingerprint density at radius 3 is 2.50 bits per heavy atom. The van der Waals surface area contributed by atoms with Crippen molar-refractivity contribution in [2.24, 2.45) is 5.92 Å². The van der Waals surface area contributed by atoms with E-state index in [-0.39, 0.29) is 0 Å². The summed E-state index contributed by atoms with van der Waals surface area (Å²) < 4.78 is 10.9. The van der Waals surface area contributed by atoms with Crippen LogP contribution in [-0.4, -0.2) is 19.8 Å². The van der Waals surface area contributed by atoms with Gasteiger partial charge in [-0.1, -0.05) is 25.4 Å². The summed E-state index contributed by atoms with van der Waals surface area (Å²) in [6, 6.07) is 3.71. The van der Waals surface area contributed by atoms with Gasteiger partial charge in [0, 0.05) is 18.7 Å². The fourth-order valence-corrected chi connectivity index (χ4v) is 1.73. The number of hydrogen-bond acceptors (Lipinski definition) is 3. The first-order valence-electron chi connectivity index (χ1n) is 5.50. The number of rotatable bonds is 3. The van der Waals surface area contributed by atoms with Crippen LogP contribution in [-0.2, 0) is 0 Å². The third-order valence-corrected chi connectivity index (χ3v) is 2.65. The van der Waals surface area contributed by atoms with E-state index in [0.717, 1.165) is 23.7 Å². The van der Waals surface area contributed by atoms with E-state index in [1.807, 2.05) is 6.07 Å². The van der Waals surface area contributed by atoms with Crippen molar-refractivity contribution in [3.05, 3.63) is 17.2 Å². The molecule has 1 aliphatic heterocycles. The lowest BCUT2D eigenvalue weighted by Crippen LogP contribution is -2.16. The van der Waals surface area contributed by atoms with Gasteiger partial charge in [-0.3, -0.25) is 0 Å². The SMILES string of the molecule is CC(C)CNc1cc2c(cc1Cl)OCCO2. The van der Waals surface area contributed by atoms with Gasteiger partial charge in [0.25, 0.3) is 0 Å². The van der Waals surface area contributed by atoms with Gasteiger partial charge in [-0.25, -0.2) is 0 Å². The smallest absolute Gasteiger partial charge is 0.163 e. The lowest BCUT2D eigenvalue weighted by Gasteiger charge is -2.20. The van der Waals surface area contributed by atoms with E-state index in [2.05, 4.69) is 19.2 Å². The first kappa shape index (κ1) is 11.4. The van der Waals surface area contributed by atoms with E-state index in [1.165, 1.54) is 0 Å². The molecule has 0 bridgehead atoms. The molecule has 0 amide bonds. The van der Waals surface area contributed by atoms with Crippen LogP contribution in [0, 0.1) is 5.92 Å². The van der Waals surface area contributed by atoms with Crippen LogP contribution in [0.5, 0.6) is 11.5 Å². The van der Waals surface area contributed by atoms with Crippen LogP contribution < -0.4 is 14.8 Å². The van der Waals surface area contributed by atoms with Crippen molar-refractivity contribution in [1.29, 1.82) is 0 Å². The molecular weight excluding hydrogens is 226 g/mol. The highest BCUT2D eigenvalue weighted by Crippen LogP contribution is 2.37. The number of hydrogen-bond donors (Lipinski definition) is 1. The van der Waals surface area contributed by atoms with Crippen LogP contribution in [0.1, 0.15) is 13.8 Å². The van der Waals surface area contributed by atoms with Gasteiger partial charge in [-0.15, -0.1) is 0 Å². The zero-order valence-corrected chi connectivity index (χ0v) is 10.3. The number of nitrogens with one attached hydrogen (secondary N) is 1. The highest BCUT2D eigenvalue weighted by atomic mass is 35.5. The summed E-state index contributed by atoms with van der Waals surface area (Å²) in [6.45, 7) is 6.37. The molecule has 0 atom stereocenters. The van der Waals surface area contributed by atoms with Gasteiger partial charge in [-0.05, 0) is 5.92 Å². The van der Waals surface area contributed by atoms with Crippen LogP contribution in [0.3, 0.4) is 0 Å². The quantitative estimate of drug-likeness (QED) is 0.882.